The summed E-state index contributed by atoms with van der Waals surface area (Å²) in [6.45, 7) is 3.68. The van der Waals surface area contributed by atoms with Gasteiger partial charge < -0.3 is 4.74 Å². The molecule has 0 saturated heterocycles. The molecule has 122 valence electrons. The van der Waals surface area contributed by atoms with Crippen LogP contribution in [0.5, 0.6) is 0 Å². The van der Waals surface area contributed by atoms with E-state index in [1.165, 1.54) is 24.1 Å². The van der Waals surface area contributed by atoms with Gasteiger partial charge in [-0.2, -0.15) is 0 Å². The second-order valence-electron chi connectivity index (χ2n) is 6.72. The van der Waals surface area contributed by atoms with Crippen LogP contribution >= 0.6 is 0 Å². The number of fused-ring (bicyclic) bond motifs is 1. The molecule has 1 saturated carbocycles. The third-order valence-corrected chi connectivity index (χ3v) is 4.94. The molecule has 23 heavy (non-hydrogen) atoms. The van der Waals surface area contributed by atoms with Crippen molar-refractivity contribution in [2.75, 3.05) is 20.3 Å². The van der Waals surface area contributed by atoms with Crippen molar-refractivity contribution in [2.45, 2.75) is 38.4 Å². The van der Waals surface area contributed by atoms with Crippen LogP contribution in [0.4, 0.5) is 0 Å². The van der Waals surface area contributed by atoms with Crippen LogP contribution in [-0.2, 0) is 24.2 Å². The average Bonchev–Trinajstić information content (AvgIpc) is 3.30. The number of rotatable bonds is 6. The zero-order valence-electron chi connectivity index (χ0n) is 13.7. The van der Waals surface area contributed by atoms with E-state index in [1.54, 1.807) is 7.11 Å². The minimum absolute atomic E-state index is 0.205. The number of hydrogen-bond acceptors (Lipinski definition) is 4. The van der Waals surface area contributed by atoms with Crippen molar-refractivity contribution in [1.29, 1.82) is 0 Å². The first-order valence-corrected chi connectivity index (χ1v) is 8.54. The lowest BCUT2D eigenvalue weighted by atomic mass is 10.0. The van der Waals surface area contributed by atoms with E-state index in [1.807, 2.05) is 0 Å². The summed E-state index contributed by atoms with van der Waals surface area (Å²) in [5.74, 6) is 0.823. The zero-order valence-corrected chi connectivity index (χ0v) is 13.7. The van der Waals surface area contributed by atoms with Crippen LogP contribution in [0.2, 0.25) is 0 Å². The minimum Gasteiger partial charge on any atom is -0.383 e. The van der Waals surface area contributed by atoms with Gasteiger partial charge in [-0.25, -0.2) is 4.68 Å². The molecule has 0 amide bonds. The largest absolute Gasteiger partial charge is 0.383 e. The number of methoxy groups -OCH3 is 1. The molecular formula is C18H24N4O. The van der Waals surface area contributed by atoms with E-state index >= 15 is 0 Å². The van der Waals surface area contributed by atoms with E-state index in [9.17, 15) is 0 Å². The van der Waals surface area contributed by atoms with Crippen LogP contribution in [0.15, 0.2) is 30.3 Å². The highest BCUT2D eigenvalue weighted by Gasteiger charge is 2.33. The molecule has 2 heterocycles. The summed E-state index contributed by atoms with van der Waals surface area (Å²) in [5, 5.41) is 8.96. The quantitative estimate of drug-likeness (QED) is 0.822. The molecule has 4 rings (SSSR count). The van der Waals surface area contributed by atoms with Crippen molar-refractivity contribution in [3.05, 3.63) is 47.3 Å². The molecule has 0 unspecified atom stereocenters. The molecule has 0 radical (unpaired) electrons. The second-order valence-corrected chi connectivity index (χ2v) is 6.72. The van der Waals surface area contributed by atoms with Gasteiger partial charge in [0.2, 0.25) is 0 Å². The fourth-order valence-corrected chi connectivity index (χ4v) is 3.48. The van der Waals surface area contributed by atoms with Gasteiger partial charge in [0.05, 0.1) is 18.3 Å². The third kappa shape index (κ3) is 3.16. The standard InChI is InChI=1S/C18H24N4O/c1-23-13-17-18-16(22(20-19-18)12-15-7-8-15)9-10-21(17)11-14-5-3-2-4-6-14/h2-6,15,17H,7-13H2,1H3/t17-/m0/s1. The van der Waals surface area contributed by atoms with Crippen molar-refractivity contribution in [3.8, 4) is 0 Å². The Hall–Kier alpha value is -1.72. The van der Waals surface area contributed by atoms with E-state index in [-0.39, 0.29) is 6.04 Å². The first-order valence-electron chi connectivity index (χ1n) is 8.54. The monoisotopic (exact) mass is 312 g/mol. The summed E-state index contributed by atoms with van der Waals surface area (Å²) in [5.41, 5.74) is 3.78. The summed E-state index contributed by atoms with van der Waals surface area (Å²) in [6, 6.07) is 10.8. The smallest absolute Gasteiger partial charge is 0.105 e. The van der Waals surface area contributed by atoms with Crippen LogP contribution in [0.1, 0.15) is 35.8 Å². The summed E-state index contributed by atoms with van der Waals surface area (Å²) >= 11 is 0. The molecule has 1 atom stereocenters. The maximum atomic E-state index is 5.49. The first kappa shape index (κ1) is 14.8. The molecule has 2 aromatic rings. The number of hydrogen-bond donors (Lipinski definition) is 0. The van der Waals surface area contributed by atoms with Gasteiger partial charge in [-0.15, -0.1) is 5.10 Å². The van der Waals surface area contributed by atoms with Crippen molar-refractivity contribution < 1.29 is 4.74 Å². The van der Waals surface area contributed by atoms with Crippen molar-refractivity contribution in [3.63, 3.8) is 0 Å². The van der Waals surface area contributed by atoms with Crippen molar-refractivity contribution >= 4 is 0 Å². The van der Waals surface area contributed by atoms with Crippen LogP contribution in [0.25, 0.3) is 0 Å². The highest BCUT2D eigenvalue weighted by molar-refractivity contribution is 5.21. The lowest BCUT2D eigenvalue weighted by molar-refractivity contribution is 0.0749. The van der Waals surface area contributed by atoms with Gasteiger partial charge in [0.15, 0.2) is 0 Å². The van der Waals surface area contributed by atoms with Crippen LogP contribution in [-0.4, -0.2) is 40.2 Å². The molecule has 1 aromatic heterocycles. The van der Waals surface area contributed by atoms with E-state index in [2.05, 4.69) is 50.2 Å². The van der Waals surface area contributed by atoms with Crippen LogP contribution in [0.3, 0.4) is 0 Å². The Balaban J connectivity index is 1.56. The molecule has 1 aromatic carbocycles. The molecule has 1 aliphatic heterocycles. The molecule has 0 spiro atoms. The highest BCUT2D eigenvalue weighted by Crippen LogP contribution is 2.34. The summed E-state index contributed by atoms with van der Waals surface area (Å²) < 4.78 is 7.64. The predicted molar refractivity (Wildman–Crippen MR) is 87.9 cm³/mol. The number of nitrogens with zero attached hydrogens (tertiary/aromatic N) is 4. The molecule has 1 aliphatic carbocycles. The fourth-order valence-electron chi connectivity index (χ4n) is 3.48. The Morgan fingerprint density at radius 2 is 2.04 bits per heavy atom. The van der Waals surface area contributed by atoms with Gasteiger partial charge in [-0.05, 0) is 24.3 Å². The lowest BCUT2D eigenvalue weighted by Crippen LogP contribution is -2.38. The molecule has 1 fully saturated rings. The summed E-state index contributed by atoms with van der Waals surface area (Å²) in [7, 11) is 1.77. The number of ether oxygens (including phenoxy) is 1. The third-order valence-electron chi connectivity index (χ3n) is 4.94. The zero-order chi connectivity index (χ0) is 15.6. The lowest BCUT2D eigenvalue weighted by Gasteiger charge is -2.34. The van der Waals surface area contributed by atoms with Gasteiger partial charge in [-0.3, -0.25) is 4.90 Å². The maximum Gasteiger partial charge on any atom is 0.105 e. The van der Waals surface area contributed by atoms with Crippen LogP contribution in [0, 0.1) is 5.92 Å². The van der Waals surface area contributed by atoms with Gasteiger partial charge in [0.1, 0.15) is 5.69 Å². The maximum absolute atomic E-state index is 5.49. The number of benzene rings is 1. The molecule has 2 aliphatic rings. The molecule has 5 nitrogen and oxygen atoms in total. The van der Waals surface area contributed by atoms with E-state index in [0.29, 0.717) is 6.61 Å². The summed E-state index contributed by atoms with van der Waals surface area (Å²) in [4.78, 5) is 2.47. The normalized spacial score (nSPS) is 21.3. The average molecular weight is 312 g/mol. The Bertz CT molecular complexity index is 650. The molecule has 5 heteroatoms. The molecular weight excluding hydrogens is 288 g/mol. The highest BCUT2D eigenvalue weighted by atomic mass is 16.5. The van der Waals surface area contributed by atoms with E-state index in [0.717, 1.165) is 37.7 Å². The minimum atomic E-state index is 0.205. The first-order chi connectivity index (χ1) is 11.3. The van der Waals surface area contributed by atoms with Gasteiger partial charge >= 0.3 is 0 Å². The van der Waals surface area contributed by atoms with Crippen molar-refractivity contribution in [2.24, 2.45) is 5.92 Å². The Kier molecular flexibility index (Phi) is 4.14. The Labute approximate surface area is 137 Å². The summed E-state index contributed by atoms with van der Waals surface area (Å²) in [6.07, 6.45) is 3.72. The fraction of sp³-hybridized carbons (Fsp3) is 0.556. The Morgan fingerprint density at radius 3 is 2.78 bits per heavy atom. The molecule has 0 bridgehead atoms. The van der Waals surface area contributed by atoms with Gasteiger partial charge in [-0.1, -0.05) is 35.5 Å². The van der Waals surface area contributed by atoms with E-state index < -0.39 is 0 Å². The second kappa shape index (κ2) is 6.42. The SMILES string of the molecule is COC[C@H]1c2nnn(CC3CC3)c2CCN1Cc1ccccc1. The van der Waals surface area contributed by atoms with Gasteiger partial charge in [0, 0.05) is 33.2 Å². The predicted octanol–water partition coefficient (Wildman–Crippen LogP) is 2.43. The Morgan fingerprint density at radius 1 is 1.22 bits per heavy atom. The van der Waals surface area contributed by atoms with E-state index in [4.69, 9.17) is 4.74 Å². The van der Waals surface area contributed by atoms with Crippen molar-refractivity contribution in [1.82, 2.24) is 19.9 Å². The number of aromatic nitrogens is 3. The topological polar surface area (TPSA) is 43.2 Å². The molecule has 0 N–H and O–H groups in total. The van der Waals surface area contributed by atoms with Crippen LogP contribution < -0.4 is 0 Å². The van der Waals surface area contributed by atoms with Gasteiger partial charge in [0.25, 0.3) is 0 Å².